The van der Waals surface area contributed by atoms with Crippen molar-refractivity contribution in [3.63, 3.8) is 0 Å². The summed E-state index contributed by atoms with van der Waals surface area (Å²) in [7, 11) is 0. The number of nitriles is 1. The molecular weight excluding hydrogens is 256 g/mol. The van der Waals surface area contributed by atoms with Crippen molar-refractivity contribution in [1.82, 2.24) is 0 Å². The Morgan fingerprint density at radius 1 is 1.37 bits per heavy atom. The fraction of sp³-hybridized carbons (Fsp3) is 0.533. The summed E-state index contributed by atoms with van der Waals surface area (Å²) in [6.07, 6.45) is 7.07. The van der Waals surface area contributed by atoms with E-state index in [4.69, 9.17) is 0 Å². The van der Waals surface area contributed by atoms with Crippen molar-refractivity contribution in [3.8, 4) is 6.07 Å². The Bertz CT molecular complexity index is 476. The maximum atomic E-state index is 10.5. The smallest absolute Gasteiger partial charge is 0.102 e. The number of nitrogens with one attached hydrogen (secondary N) is 1. The Morgan fingerprint density at radius 2 is 2.11 bits per heavy atom. The average molecular weight is 276 g/mol. The van der Waals surface area contributed by atoms with Gasteiger partial charge in [-0.15, -0.1) is 11.8 Å². The minimum Gasteiger partial charge on any atom is -0.388 e. The molecule has 4 heteroatoms. The van der Waals surface area contributed by atoms with Crippen molar-refractivity contribution >= 4 is 17.4 Å². The first-order chi connectivity index (χ1) is 9.18. The molecule has 0 spiro atoms. The number of nitrogens with zero attached hydrogens (tertiary/aromatic N) is 1. The average Bonchev–Trinajstić information content (AvgIpc) is 2.45. The van der Waals surface area contributed by atoms with Crippen LogP contribution in [0.15, 0.2) is 23.1 Å². The fourth-order valence-electron chi connectivity index (χ4n) is 2.61. The van der Waals surface area contributed by atoms with Gasteiger partial charge in [0.2, 0.25) is 0 Å². The van der Waals surface area contributed by atoms with Crippen LogP contribution in [-0.4, -0.2) is 23.5 Å². The number of benzene rings is 1. The molecule has 0 aromatic heterocycles. The van der Waals surface area contributed by atoms with E-state index in [2.05, 4.69) is 11.4 Å². The normalized spacial score (nSPS) is 17.7. The summed E-state index contributed by atoms with van der Waals surface area (Å²) in [6.45, 7) is 0.527. The summed E-state index contributed by atoms with van der Waals surface area (Å²) in [6, 6.07) is 8.05. The van der Waals surface area contributed by atoms with Gasteiger partial charge in [0.25, 0.3) is 0 Å². The van der Waals surface area contributed by atoms with Gasteiger partial charge in [0.1, 0.15) is 6.07 Å². The maximum absolute atomic E-state index is 10.5. The minimum absolute atomic E-state index is 0.527. The SMILES string of the molecule is CSc1cccc(NCC2(O)CCCCC2)c1C#N. The largest absolute Gasteiger partial charge is 0.388 e. The Kier molecular flexibility index (Phi) is 4.73. The van der Waals surface area contributed by atoms with Crippen LogP contribution in [0.2, 0.25) is 0 Å². The molecular formula is C15H20N2OS. The van der Waals surface area contributed by atoms with Crippen LogP contribution in [0.4, 0.5) is 5.69 Å². The lowest BCUT2D eigenvalue weighted by Gasteiger charge is -2.32. The summed E-state index contributed by atoms with van der Waals surface area (Å²) < 4.78 is 0. The van der Waals surface area contributed by atoms with E-state index in [0.29, 0.717) is 12.1 Å². The third-order valence-corrected chi connectivity index (χ3v) is 4.53. The van der Waals surface area contributed by atoms with E-state index < -0.39 is 5.60 Å². The minimum atomic E-state index is -0.611. The molecule has 0 amide bonds. The highest BCUT2D eigenvalue weighted by Crippen LogP contribution is 2.30. The Hall–Kier alpha value is -1.18. The van der Waals surface area contributed by atoms with Gasteiger partial charge in [0, 0.05) is 11.4 Å². The lowest BCUT2D eigenvalue weighted by molar-refractivity contribution is 0.0167. The first-order valence-corrected chi connectivity index (χ1v) is 7.94. The third-order valence-electron chi connectivity index (χ3n) is 3.75. The number of aliphatic hydroxyl groups is 1. The third kappa shape index (κ3) is 3.43. The molecule has 1 aromatic rings. The Morgan fingerprint density at radius 3 is 2.74 bits per heavy atom. The first kappa shape index (κ1) is 14.2. The zero-order valence-corrected chi connectivity index (χ0v) is 12.1. The second-order valence-corrected chi connectivity index (χ2v) is 5.98. The number of hydrogen-bond acceptors (Lipinski definition) is 4. The molecule has 0 aliphatic heterocycles. The second-order valence-electron chi connectivity index (χ2n) is 5.13. The molecule has 1 aliphatic carbocycles. The second kappa shape index (κ2) is 6.31. The first-order valence-electron chi connectivity index (χ1n) is 6.72. The van der Waals surface area contributed by atoms with Crippen molar-refractivity contribution in [2.24, 2.45) is 0 Å². The fourth-order valence-corrected chi connectivity index (χ4v) is 3.18. The molecule has 1 saturated carbocycles. The monoisotopic (exact) mass is 276 g/mol. The molecule has 0 atom stereocenters. The van der Waals surface area contributed by atoms with E-state index in [-0.39, 0.29) is 0 Å². The summed E-state index contributed by atoms with van der Waals surface area (Å²) in [5, 5.41) is 23.0. The highest BCUT2D eigenvalue weighted by atomic mass is 32.2. The highest BCUT2D eigenvalue weighted by molar-refractivity contribution is 7.98. The van der Waals surface area contributed by atoms with E-state index in [9.17, 15) is 10.4 Å². The van der Waals surface area contributed by atoms with E-state index in [1.807, 2.05) is 24.5 Å². The Balaban J connectivity index is 2.09. The van der Waals surface area contributed by atoms with E-state index in [0.717, 1.165) is 36.3 Å². The van der Waals surface area contributed by atoms with Crippen LogP contribution in [0.25, 0.3) is 0 Å². The lowest BCUT2D eigenvalue weighted by atomic mass is 9.85. The van der Waals surface area contributed by atoms with Gasteiger partial charge in [0.15, 0.2) is 0 Å². The van der Waals surface area contributed by atoms with Crippen molar-refractivity contribution in [2.45, 2.75) is 42.6 Å². The van der Waals surface area contributed by atoms with E-state index >= 15 is 0 Å². The number of thioether (sulfide) groups is 1. The number of anilines is 1. The van der Waals surface area contributed by atoms with E-state index in [1.165, 1.54) is 6.42 Å². The van der Waals surface area contributed by atoms with Crippen LogP contribution in [0.3, 0.4) is 0 Å². The van der Waals surface area contributed by atoms with Gasteiger partial charge in [-0.25, -0.2) is 0 Å². The predicted molar refractivity (Wildman–Crippen MR) is 79.5 cm³/mol. The van der Waals surface area contributed by atoms with Gasteiger partial charge in [-0.05, 0) is 31.2 Å². The molecule has 1 aromatic carbocycles. The Labute approximate surface area is 119 Å². The topological polar surface area (TPSA) is 56.0 Å². The molecule has 1 aliphatic rings. The van der Waals surface area contributed by atoms with Gasteiger partial charge in [-0.2, -0.15) is 5.26 Å². The van der Waals surface area contributed by atoms with Crippen LogP contribution in [0, 0.1) is 11.3 Å². The van der Waals surface area contributed by atoms with Gasteiger partial charge in [-0.3, -0.25) is 0 Å². The van der Waals surface area contributed by atoms with Crippen molar-refractivity contribution in [1.29, 1.82) is 5.26 Å². The molecule has 2 N–H and O–H groups in total. The molecule has 0 unspecified atom stereocenters. The quantitative estimate of drug-likeness (QED) is 0.828. The van der Waals surface area contributed by atoms with Gasteiger partial charge in [-0.1, -0.05) is 25.3 Å². The van der Waals surface area contributed by atoms with Crippen molar-refractivity contribution < 1.29 is 5.11 Å². The summed E-state index contributed by atoms with van der Waals surface area (Å²) in [5.41, 5.74) is 0.892. The van der Waals surface area contributed by atoms with Gasteiger partial charge in [0.05, 0.1) is 16.9 Å². The lowest BCUT2D eigenvalue weighted by Crippen LogP contribution is -2.38. The van der Waals surface area contributed by atoms with Crippen LogP contribution in [-0.2, 0) is 0 Å². The highest BCUT2D eigenvalue weighted by Gasteiger charge is 2.29. The molecule has 2 rings (SSSR count). The molecule has 19 heavy (non-hydrogen) atoms. The standard InChI is InChI=1S/C15H20N2OS/c1-19-14-7-5-6-13(12(14)10-16)17-11-15(18)8-3-2-4-9-15/h5-7,17-18H,2-4,8-9,11H2,1H3. The molecule has 0 saturated heterocycles. The predicted octanol–water partition coefficient (Wildman–Crippen LogP) is 3.39. The van der Waals surface area contributed by atoms with Crippen LogP contribution in [0.1, 0.15) is 37.7 Å². The molecule has 0 bridgehead atoms. The van der Waals surface area contributed by atoms with Crippen molar-refractivity contribution in [2.75, 3.05) is 18.1 Å². The summed E-state index contributed by atoms with van der Waals surface area (Å²) >= 11 is 1.57. The zero-order valence-electron chi connectivity index (χ0n) is 11.3. The summed E-state index contributed by atoms with van der Waals surface area (Å²) in [4.78, 5) is 0.975. The molecule has 0 heterocycles. The molecule has 0 radical (unpaired) electrons. The molecule has 3 nitrogen and oxygen atoms in total. The summed E-state index contributed by atoms with van der Waals surface area (Å²) in [5.74, 6) is 0. The zero-order chi connectivity index (χ0) is 13.7. The van der Waals surface area contributed by atoms with Crippen LogP contribution in [0.5, 0.6) is 0 Å². The number of hydrogen-bond donors (Lipinski definition) is 2. The van der Waals surface area contributed by atoms with Crippen molar-refractivity contribution in [3.05, 3.63) is 23.8 Å². The molecule has 102 valence electrons. The van der Waals surface area contributed by atoms with Crippen LogP contribution >= 0.6 is 11.8 Å². The van der Waals surface area contributed by atoms with Gasteiger partial charge < -0.3 is 10.4 Å². The van der Waals surface area contributed by atoms with Gasteiger partial charge >= 0.3 is 0 Å². The maximum Gasteiger partial charge on any atom is 0.102 e. The molecule has 1 fully saturated rings. The van der Waals surface area contributed by atoms with Crippen LogP contribution < -0.4 is 5.32 Å². The van der Waals surface area contributed by atoms with E-state index in [1.54, 1.807) is 11.8 Å². The number of rotatable bonds is 4.